The molecule has 17 heavy (non-hydrogen) atoms. The molecule has 1 saturated heterocycles. The molecule has 92 valence electrons. The molecule has 1 aromatic heterocycles. The summed E-state index contributed by atoms with van der Waals surface area (Å²) < 4.78 is 0. The number of pyridine rings is 1. The Labute approximate surface area is 103 Å². The molecular formula is C14H21N3. The van der Waals surface area contributed by atoms with Crippen LogP contribution in [0.1, 0.15) is 38.5 Å². The van der Waals surface area contributed by atoms with Gasteiger partial charge in [0.25, 0.3) is 0 Å². The first-order valence-corrected chi connectivity index (χ1v) is 6.83. The van der Waals surface area contributed by atoms with Gasteiger partial charge in [-0.05, 0) is 43.7 Å². The second-order valence-electron chi connectivity index (χ2n) is 5.39. The first-order chi connectivity index (χ1) is 8.34. The molecule has 3 rings (SSSR count). The lowest BCUT2D eigenvalue weighted by molar-refractivity contribution is 0.244. The molecule has 2 heterocycles. The van der Waals surface area contributed by atoms with E-state index in [4.69, 9.17) is 5.73 Å². The molecule has 3 heteroatoms. The standard InChI is InChI=1S/C14H21N3/c15-14-8-7-12(10-16-14)17-9-3-5-11-4-1-2-6-13(11)17/h7-8,10-11,13H,1-6,9H2,(H2,15,16)/t11-,13-/m1/s1. The highest BCUT2D eigenvalue weighted by Crippen LogP contribution is 2.37. The molecule has 0 bridgehead atoms. The zero-order chi connectivity index (χ0) is 11.7. The molecule has 0 unspecified atom stereocenters. The Bertz CT molecular complexity index is 372. The third-order valence-electron chi connectivity index (χ3n) is 4.35. The third kappa shape index (κ3) is 2.11. The Morgan fingerprint density at radius 1 is 1.12 bits per heavy atom. The van der Waals surface area contributed by atoms with Crippen LogP contribution in [-0.2, 0) is 0 Å². The largest absolute Gasteiger partial charge is 0.384 e. The van der Waals surface area contributed by atoms with Crippen LogP contribution in [0.5, 0.6) is 0 Å². The maximum Gasteiger partial charge on any atom is 0.123 e. The zero-order valence-electron chi connectivity index (χ0n) is 10.3. The number of hydrogen-bond donors (Lipinski definition) is 1. The van der Waals surface area contributed by atoms with Gasteiger partial charge in [-0.1, -0.05) is 12.8 Å². The van der Waals surface area contributed by atoms with Crippen molar-refractivity contribution in [2.24, 2.45) is 5.92 Å². The molecule has 0 amide bonds. The van der Waals surface area contributed by atoms with E-state index in [1.165, 1.54) is 50.8 Å². The Morgan fingerprint density at radius 2 is 1.94 bits per heavy atom. The Kier molecular flexibility index (Phi) is 2.91. The van der Waals surface area contributed by atoms with Crippen molar-refractivity contribution >= 4 is 11.5 Å². The lowest BCUT2D eigenvalue weighted by Crippen LogP contribution is -2.46. The van der Waals surface area contributed by atoms with E-state index in [0.717, 1.165) is 12.0 Å². The summed E-state index contributed by atoms with van der Waals surface area (Å²) in [5, 5.41) is 0. The first-order valence-electron chi connectivity index (χ1n) is 6.83. The number of nitrogens with zero attached hydrogens (tertiary/aromatic N) is 2. The van der Waals surface area contributed by atoms with Crippen LogP contribution in [0.4, 0.5) is 11.5 Å². The molecule has 0 spiro atoms. The first kappa shape index (κ1) is 10.9. The number of fused-ring (bicyclic) bond motifs is 1. The number of nitrogen functional groups attached to an aromatic ring is 1. The molecule has 1 aliphatic heterocycles. The quantitative estimate of drug-likeness (QED) is 0.808. The van der Waals surface area contributed by atoms with Crippen LogP contribution in [0.2, 0.25) is 0 Å². The van der Waals surface area contributed by atoms with E-state index in [-0.39, 0.29) is 0 Å². The molecule has 1 aliphatic carbocycles. The van der Waals surface area contributed by atoms with Crippen molar-refractivity contribution in [2.45, 2.75) is 44.6 Å². The number of piperidine rings is 1. The second-order valence-corrected chi connectivity index (χ2v) is 5.39. The van der Waals surface area contributed by atoms with Gasteiger partial charge in [0.1, 0.15) is 5.82 Å². The van der Waals surface area contributed by atoms with E-state index in [2.05, 4.69) is 16.0 Å². The van der Waals surface area contributed by atoms with E-state index >= 15 is 0 Å². The Hall–Kier alpha value is -1.25. The fourth-order valence-electron chi connectivity index (χ4n) is 3.51. The van der Waals surface area contributed by atoms with Crippen molar-refractivity contribution in [3.8, 4) is 0 Å². The zero-order valence-corrected chi connectivity index (χ0v) is 10.3. The van der Waals surface area contributed by atoms with Gasteiger partial charge in [-0.2, -0.15) is 0 Å². The third-order valence-corrected chi connectivity index (χ3v) is 4.35. The molecule has 2 N–H and O–H groups in total. The molecule has 2 atom stereocenters. The van der Waals surface area contributed by atoms with Gasteiger partial charge in [-0.15, -0.1) is 0 Å². The lowest BCUT2D eigenvalue weighted by Gasteiger charge is -2.45. The maximum atomic E-state index is 5.66. The van der Waals surface area contributed by atoms with E-state index in [0.29, 0.717) is 5.82 Å². The van der Waals surface area contributed by atoms with Gasteiger partial charge in [0.05, 0.1) is 11.9 Å². The molecular weight excluding hydrogens is 210 g/mol. The van der Waals surface area contributed by atoms with Gasteiger partial charge in [0.2, 0.25) is 0 Å². The van der Waals surface area contributed by atoms with Crippen LogP contribution < -0.4 is 10.6 Å². The summed E-state index contributed by atoms with van der Waals surface area (Å²) in [6, 6.07) is 4.80. The van der Waals surface area contributed by atoms with Gasteiger partial charge in [0, 0.05) is 12.6 Å². The topological polar surface area (TPSA) is 42.1 Å². The lowest BCUT2D eigenvalue weighted by atomic mass is 9.78. The highest BCUT2D eigenvalue weighted by atomic mass is 15.2. The minimum absolute atomic E-state index is 0.617. The number of aromatic nitrogens is 1. The summed E-state index contributed by atoms with van der Waals surface area (Å²) in [6.45, 7) is 1.19. The molecule has 0 radical (unpaired) electrons. The van der Waals surface area contributed by atoms with E-state index in [9.17, 15) is 0 Å². The predicted octanol–water partition coefficient (Wildman–Crippen LogP) is 2.82. The van der Waals surface area contributed by atoms with Gasteiger partial charge in [-0.3, -0.25) is 0 Å². The fraction of sp³-hybridized carbons (Fsp3) is 0.643. The number of nitrogens with two attached hydrogens (primary N) is 1. The van der Waals surface area contributed by atoms with Gasteiger partial charge in [-0.25, -0.2) is 4.98 Å². The van der Waals surface area contributed by atoms with Gasteiger partial charge < -0.3 is 10.6 Å². The molecule has 3 nitrogen and oxygen atoms in total. The van der Waals surface area contributed by atoms with Crippen molar-refractivity contribution in [3.05, 3.63) is 18.3 Å². The minimum atomic E-state index is 0.617. The average Bonchev–Trinajstić information content (AvgIpc) is 2.39. The van der Waals surface area contributed by atoms with Crippen molar-refractivity contribution in [1.29, 1.82) is 0 Å². The number of rotatable bonds is 1. The fourth-order valence-corrected chi connectivity index (χ4v) is 3.51. The summed E-state index contributed by atoms with van der Waals surface area (Å²) >= 11 is 0. The smallest absolute Gasteiger partial charge is 0.123 e. The van der Waals surface area contributed by atoms with Crippen molar-refractivity contribution in [3.63, 3.8) is 0 Å². The van der Waals surface area contributed by atoms with E-state index < -0.39 is 0 Å². The van der Waals surface area contributed by atoms with Crippen LogP contribution >= 0.6 is 0 Å². The highest BCUT2D eigenvalue weighted by molar-refractivity contribution is 5.49. The SMILES string of the molecule is Nc1ccc(N2CCC[C@H]3CCCC[C@H]32)cn1. The van der Waals surface area contributed by atoms with Crippen molar-refractivity contribution in [2.75, 3.05) is 17.2 Å². The van der Waals surface area contributed by atoms with Crippen LogP contribution in [0, 0.1) is 5.92 Å². The molecule has 0 aromatic carbocycles. The molecule has 2 fully saturated rings. The van der Waals surface area contributed by atoms with Crippen LogP contribution in [0.15, 0.2) is 18.3 Å². The van der Waals surface area contributed by atoms with E-state index in [1.54, 1.807) is 0 Å². The molecule has 1 aromatic rings. The number of anilines is 2. The summed E-state index contributed by atoms with van der Waals surface area (Å²) in [4.78, 5) is 6.80. The second kappa shape index (κ2) is 4.55. The summed E-state index contributed by atoms with van der Waals surface area (Å²) in [6.07, 6.45) is 10.3. The molecule has 2 aliphatic rings. The van der Waals surface area contributed by atoms with Crippen LogP contribution in [0.25, 0.3) is 0 Å². The predicted molar refractivity (Wildman–Crippen MR) is 71.0 cm³/mol. The monoisotopic (exact) mass is 231 g/mol. The normalized spacial score (nSPS) is 28.8. The van der Waals surface area contributed by atoms with Crippen molar-refractivity contribution < 1.29 is 0 Å². The number of hydrogen-bond acceptors (Lipinski definition) is 3. The minimum Gasteiger partial charge on any atom is -0.384 e. The van der Waals surface area contributed by atoms with E-state index in [1.807, 2.05) is 12.3 Å². The molecule has 1 saturated carbocycles. The average molecular weight is 231 g/mol. The highest BCUT2D eigenvalue weighted by Gasteiger charge is 2.33. The maximum absolute atomic E-state index is 5.66. The van der Waals surface area contributed by atoms with Crippen LogP contribution in [0.3, 0.4) is 0 Å². The summed E-state index contributed by atoms with van der Waals surface area (Å²) in [7, 11) is 0. The summed E-state index contributed by atoms with van der Waals surface area (Å²) in [5.41, 5.74) is 6.92. The Balaban J connectivity index is 1.83. The van der Waals surface area contributed by atoms with Gasteiger partial charge >= 0.3 is 0 Å². The van der Waals surface area contributed by atoms with Crippen LogP contribution in [-0.4, -0.2) is 17.6 Å². The van der Waals surface area contributed by atoms with Gasteiger partial charge in [0.15, 0.2) is 0 Å². The summed E-state index contributed by atoms with van der Waals surface area (Å²) in [5.74, 6) is 1.53. The van der Waals surface area contributed by atoms with Crippen molar-refractivity contribution in [1.82, 2.24) is 4.98 Å². The Morgan fingerprint density at radius 3 is 2.76 bits per heavy atom.